The molecule has 71 valence electrons. The van der Waals surface area contributed by atoms with E-state index in [0.29, 0.717) is 19.8 Å². The first-order valence-corrected chi connectivity index (χ1v) is 5.41. The van der Waals surface area contributed by atoms with Crippen molar-refractivity contribution in [3.8, 4) is 0 Å². The van der Waals surface area contributed by atoms with Gasteiger partial charge < -0.3 is 0 Å². The van der Waals surface area contributed by atoms with Gasteiger partial charge in [-0.2, -0.15) is 0 Å². The summed E-state index contributed by atoms with van der Waals surface area (Å²) in [6, 6.07) is 9.95. The van der Waals surface area contributed by atoms with Crippen molar-refractivity contribution in [1.82, 2.24) is 0 Å². The Morgan fingerprint density at radius 3 is 2.31 bits per heavy atom. The molecule has 13 heavy (non-hydrogen) atoms. The van der Waals surface area contributed by atoms with E-state index in [-0.39, 0.29) is 0 Å². The number of hydrogen-bond donors (Lipinski definition) is 1. The maximum absolute atomic E-state index is 4.28. The molecule has 0 saturated carbocycles. The van der Waals surface area contributed by atoms with Gasteiger partial charge in [0.05, 0.1) is 0 Å². The molecule has 0 saturated heterocycles. The van der Waals surface area contributed by atoms with E-state index in [9.17, 15) is 0 Å². The average molecular weight is 286 g/mol. The minimum absolute atomic E-state index is 0.334. The molecule has 2 rings (SSSR count). The molecule has 6 heteroatoms. The summed E-state index contributed by atoms with van der Waals surface area (Å²) in [5, 5.41) is 14.6. The second-order valence-electron chi connectivity index (χ2n) is 2.21. The zero-order valence-electron chi connectivity index (χ0n) is 6.42. The van der Waals surface area contributed by atoms with Crippen LogP contribution in [0.5, 0.6) is 0 Å². The summed E-state index contributed by atoms with van der Waals surface area (Å²) in [6.07, 6.45) is 0. The summed E-state index contributed by atoms with van der Waals surface area (Å²) in [7, 11) is 0. The molecule has 0 bridgehead atoms. The Labute approximate surface area is 90.3 Å². The van der Waals surface area contributed by atoms with Crippen LogP contribution in [0.1, 0.15) is 0 Å². The van der Waals surface area contributed by atoms with E-state index < -0.39 is 3.21 Å². The van der Waals surface area contributed by atoms with Gasteiger partial charge in [-0.15, -0.1) is 0 Å². The van der Waals surface area contributed by atoms with Crippen LogP contribution < -0.4 is 3.78 Å². The molecule has 1 aliphatic heterocycles. The van der Waals surface area contributed by atoms with Crippen molar-refractivity contribution in [1.29, 1.82) is 0 Å². The molecular weight excluding hydrogens is 280 g/mol. The fraction of sp³-hybridized carbons (Fsp3) is 0.143. The molecule has 1 aromatic rings. The Balaban J connectivity index is 2.15. The summed E-state index contributed by atoms with van der Waals surface area (Å²) < 4.78 is 0.392. The van der Waals surface area contributed by atoms with Gasteiger partial charge in [-0.1, -0.05) is 0 Å². The van der Waals surface area contributed by atoms with Gasteiger partial charge in [0.15, 0.2) is 0 Å². The van der Waals surface area contributed by atoms with Gasteiger partial charge in [-0.3, -0.25) is 0 Å². The summed E-state index contributed by atoms with van der Waals surface area (Å²) in [5.74, 6) is 0. The zero-order chi connectivity index (χ0) is 9.15. The summed E-state index contributed by atoms with van der Waals surface area (Å²) in [6.45, 7) is 0. The van der Waals surface area contributed by atoms with E-state index in [1.807, 2.05) is 30.3 Å². The molecule has 4 nitrogen and oxygen atoms in total. The van der Waals surface area contributed by atoms with Gasteiger partial charge in [0.1, 0.15) is 0 Å². The first-order chi connectivity index (χ1) is 6.29. The van der Waals surface area contributed by atoms with E-state index >= 15 is 0 Å². The number of thiol groups is 1. The summed E-state index contributed by atoms with van der Waals surface area (Å²) >= 11 is 4.62. The Morgan fingerprint density at radius 2 is 1.69 bits per heavy atom. The van der Waals surface area contributed by atoms with E-state index in [0.717, 1.165) is 3.78 Å². The Hall–Kier alpha value is -0.490. The minimum atomic E-state index is -0.760. The van der Waals surface area contributed by atoms with Gasteiger partial charge in [-0.05, 0) is 0 Å². The van der Waals surface area contributed by atoms with Crippen molar-refractivity contribution in [2.24, 2.45) is 20.7 Å². The van der Waals surface area contributed by atoms with Crippen LogP contribution in [0.3, 0.4) is 0 Å². The first kappa shape index (κ1) is 9.08. The van der Waals surface area contributed by atoms with Gasteiger partial charge >= 0.3 is 90.4 Å². The van der Waals surface area contributed by atoms with Crippen molar-refractivity contribution in [2.75, 3.05) is 0 Å². The second kappa shape index (κ2) is 3.71. The van der Waals surface area contributed by atoms with Crippen molar-refractivity contribution in [3.63, 3.8) is 0 Å². The molecular formula is C7H6AgN4S. The van der Waals surface area contributed by atoms with Gasteiger partial charge in [0.2, 0.25) is 0 Å². The number of benzene rings is 1. The molecule has 0 atom stereocenters. The summed E-state index contributed by atoms with van der Waals surface area (Å²) in [4.78, 5) is 0. The predicted octanol–water partition coefficient (Wildman–Crippen LogP) is 1.77. The molecule has 0 aromatic heterocycles. The maximum atomic E-state index is 4.28. The van der Waals surface area contributed by atoms with Crippen LogP contribution in [-0.4, -0.2) is 3.21 Å². The molecule has 0 unspecified atom stereocenters. The van der Waals surface area contributed by atoms with Crippen molar-refractivity contribution in [3.05, 3.63) is 30.3 Å². The number of nitrogens with zero attached hydrogens (tertiary/aromatic N) is 4. The molecule has 0 spiro atoms. The van der Waals surface area contributed by atoms with Gasteiger partial charge in [0, 0.05) is 0 Å². The van der Waals surface area contributed by atoms with E-state index in [4.69, 9.17) is 0 Å². The molecule has 0 fully saturated rings. The van der Waals surface area contributed by atoms with Crippen LogP contribution >= 0.6 is 12.6 Å². The number of hydrogen-bond acceptors (Lipinski definition) is 5. The van der Waals surface area contributed by atoms with Gasteiger partial charge in [-0.25, -0.2) is 0 Å². The van der Waals surface area contributed by atoms with Crippen molar-refractivity contribution < 1.29 is 19.8 Å². The quantitative estimate of drug-likeness (QED) is 0.636. The van der Waals surface area contributed by atoms with Crippen LogP contribution in [-0.2, 0) is 19.8 Å². The third kappa shape index (κ3) is 2.25. The predicted molar refractivity (Wildman–Crippen MR) is 47.5 cm³/mol. The Morgan fingerprint density at radius 1 is 1.08 bits per heavy atom. The van der Waals surface area contributed by atoms with Crippen LogP contribution in [0.2, 0.25) is 0 Å². The van der Waals surface area contributed by atoms with Crippen molar-refractivity contribution >= 4 is 16.4 Å². The van der Waals surface area contributed by atoms with E-state index in [1.165, 1.54) is 0 Å². The Kier molecular flexibility index (Phi) is 2.59. The number of rotatable bonds is 2. The molecule has 0 aliphatic carbocycles. The van der Waals surface area contributed by atoms with Crippen LogP contribution in [0.4, 0.5) is 0 Å². The van der Waals surface area contributed by atoms with Crippen molar-refractivity contribution in [2.45, 2.75) is 3.21 Å². The monoisotopic (exact) mass is 285 g/mol. The third-order valence-electron chi connectivity index (χ3n) is 1.26. The average Bonchev–Trinajstić information content (AvgIpc) is 2.54. The second-order valence-corrected chi connectivity index (χ2v) is 5.63. The van der Waals surface area contributed by atoms with Gasteiger partial charge in [0.25, 0.3) is 0 Å². The standard InChI is InChI=1S/C6H5.CHN4S.Ag/c1-2-4-6-5-3-1;6-1-2-4-5-3-1;/h1-5H;6H;. The molecule has 0 N–H and O–H groups in total. The topological polar surface area (TPSA) is 49.4 Å². The molecule has 0 amide bonds. The molecule has 0 radical (unpaired) electrons. The normalized spacial score (nSPS) is 18.2. The fourth-order valence-electron chi connectivity index (χ4n) is 0.764. The molecule has 1 aliphatic rings. The van der Waals surface area contributed by atoms with E-state index in [1.54, 1.807) is 0 Å². The third-order valence-corrected chi connectivity index (χ3v) is 3.56. The summed E-state index contributed by atoms with van der Waals surface area (Å²) in [5.41, 5.74) is 0. The van der Waals surface area contributed by atoms with E-state index in [2.05, 4.69) is 33.3 Å². The first-order valence-electron chi connectivity index (χ1n) is 3.48. The Bertz CT molecular complexity index is 339. The SMILES string of the molecule is S[C]1([Ag][c]2ccccc2)N=NN=N1. The fourth-order valence-corrected chi connectivity index (χ4v) is 2.69. The molecule has 1 aromatic carbocycles. The van der Waals surface area contributed by atoms with Crippen LogP contribution in [0.15, 0.2) is 51.0 Å². The van der Waals surface area contributed by atoms with Crippen LogP contribution in [0, 0.1) is 0 Å². The van der Waals surface area contributed by atoms with Crippen LogP contribution in [0.25, 0.3) is 0 Å². The molecule has 1 heterocycles. The zero-order valence-corrected chi connectivity index (χ0v) is 8.80.